The summed E-state index contributed by atoms with van der Waals surface area (Å²) in [6, 6.07) is 0. The Balaban J connectivity index is 2.06. The molecule has 6 atom stereocenters. The highest BCUT2D eigenvalue weighted by molar-refractivity contribution is 6.83. The molecule has 3 heterocycles. The zero-order valence-electron chi connectivity index (χ0n) is 21.3. The molecule has 0 radical (unpaired) electrons. The lowest BCUT2D eigenvalue weighted by Crippen LogP contribution is -2.69. The third-order valence-electron chi connectivity index (χ3n) is 8.09. The SMILES string of the molecule is CC(C)[Si]1(C(C)C)OC[C@@H]2O[C@]3(C[C@H](O)CO3)[C@@H](C)[C@H](C)[C@H]2O[Si](C(C)C)(C(C)C)O1. The molecule has 0 aromatic carbocycles. The summed E-state index contributed by atoms with van der Waals surface area (Å²) in [6.45, 7) is 23.1. The summed E-state index contributed by atoms with van der Waals surface area (Å²) in [5.41, 5.74) is 1.19. The topological polar surface area (TPSA) is 66.4 Å². The van der Waals surface area contributed by atoms with Crippen LogP contribution < -0.4 is 0 Å². The van der Waals surface area contributed by atoms with Crippen LogP contribution in [0.3, 0.4) is 0 Å². The average Bonchev–Trinajstić information content (AvgIpc) is 3.03. The number of fused-ring (bicyclic) bond motifs is 1. The largest absolute Gasteiger partial charge is 0.414 e. The van der Waals surface area contributed by atoms with Crippen molar-refractivity contribution in [3.63, 3.8) is 0 Å². The quantitative estimate of drug-likeness (QED) is 0.572. The highest BCUT2D eigenvalue weighted by Gasteiger charge is 2.63. The Bertz CT molecular complexity index is 611. The molecule has 0 aromatic heterocycles. The van der Waals surface area contributed by atoms with Crippen LogP contribution in [0.25, 0.3) is 0 Å². The molecule has 1 spiro atoms. The molecule has 0 aliphatic carbocycles. The van der Waals surface area contributed by atoms with Crippen LogP contribution in [0.4, 0.5) is 0 Å². The molecule has 0 saturated carbocycles. The number of rotatable bonds is 4. The van der Waals surface area contributed by atoms with Gasteiger partial charge in [-0.3, -0.25) is 0 Å². The smallest absolute Gasteiger partial charge is 0.335 e. The van der Waals surface area contributed by atoms with Gasteiger partial charge in [-0.2, -0.15) is 0 Å². The van der Waals surface area contributed by atoms with Gasteiger partial charge in [-0.1, -0.05) is 69.2 Å². The van der Waals surface area contributed by atoms with Crippen LogP contribution in [0.15, 0.2) is 0 Å². The number of hydrogen-bond donors (Lipinski definition) is 1. The van der Waals surface area contributed by atoms with E-state index in [-0.39, 0.29) is 24.0 Å². The summed E-state index contributed by atoms with van der Waals surface area (Å²) in [5, 5.41) is 10.2. The maximum Gasteiger partial charge on any atom is 0.335 e. The average molecular weight is 475 g/mol. The molecule has 182 valence electrons. The van der Waals surface area contributed by atoms with Gasteiger partial charge in [-0.25, -0.2) is 0 Å². The minimum absolute atomic E-state index is 0.105. The molecule has 8 heteroatoms. The first-order valence-corrected chi connectivity index (χ1v) is 16.3. The van der Waals surface area contributed by atoms with E-state index in [2.05, 4.69) is 69.2 Å². The summed E-state index contributed by atoms with van der Waals surface area (Å²) in [4.78, 5) is 0. The molecule has 3 aliphatic heterocycles. The third kappa shape index (κ3) is 4.24. The van der Waals surface area contributed by atoms with Gasteiger partial charge in [0, 0.05) is 12.3 Å². The molecular weight excluding hydrogens is 428 g/mol. The van der Waals surface area contributed by atoms with Gasteiger partial charge in [0.1, 0.15) is 6.10 Å². The van der Waals surface area contributed by atoms with Gasteiger partial charge in [-0.05, 0) is 28.1 Å². The van der Waals surface area contributed by atoms with Crippen molar-refractivity contribution in [2.75, 3.05) is 13.2 Å². The van der Waals surface area contributed by atoms with Crippen molar-refractivity contribution in [3.05, 3.63) is 0 Å². The predicted molar refractivity (Wildman–Crippen MR) is 126 cm³/mol. The summed E-state index contributed by atoms with van der Waals surface area (Å²) in [5.74, 6) is -0.451. The monoisotopic (exact) mass is 474 g/mol. The zero-order chi connectivity index (χ0) is 23.4. The fourth-order valence-electron chi connectivity index (χ4n) is 5.99. The fourth-order valence-corrected chi connectivity index (χ4v) is 17.3. The first kappa shape index (κ1) is 25.8. The molecule has 0 bridgehead atoms. The van der Waals surface area contributed by atoms with E-state index in [1.54, 1.807) is 0 Å². The number of hydrogen-bond acceptors (Lipinski definition) is 6. The number of aliphatic hydroxyl groups is 1. The van der Waals surface area contributed by atoms with Crippen LogP contribution in [0.2, 0.25) is 22.2 Å². The van der Waals surface area contributed by atoms with Crippen molar-refractivity contribution in [1.82, 2.24) is 0 Å². The highest BCUT2D eigenvalue weighted by Crippen LogP contribution is 2.51. The van der Waals surface area contributed by atoms with Crippen molar-refractivity contribution in [1.29, 1.82) is 0 Å². The maximum atomic E-state index is 10.2. The summed E-state index contributed by atoms with van der Waals surface area (Å²) >= 11 is 0. The van der Waals surface area contributed by atoms with Gasteiger partial charge < -0.3 is 27.5 Å². The van der Waals surface area contributed by atoms with Gasteiger partial charge in [0.05, 0.1) is 25.4 Å². The molecular formula is C23H46O6Si2. The van der Waals surface area contributed by atoms with Crippen molar-refractivity contribution in [2.45, 2.75) is 122 Å². The number of aliphatic hydroxyl groups excluding tert-OH is 1. The summed E-state index contributed by atoms with van der Waals surface area (Å²) in [7, 11) is -5.25. The Morgan fingerprint density at radius 3 is 1.84 bits per heavy atom. The second kappa shape index (κ2) is 9.09. The van der Waals surface area contributed by atoms with E-state index >= 15 is 0 Å². The van der Waals surface area contributed by atoms with Gasteiger partial charge >= 0.3 is 17.1 Å². The zero-order valence-corrected chi connectivity index (χ0v) is 23.3. The molecule has 0 amide bonds. The predicted octanol–water partition coefficient (Wildman–Crippen LogP) is 5.09. The number of ether oxygens (including phenoxy) is 2. The van der Waals surface area contributed by atoms with Gasteiger partial charge in [0.15, 0.2) is 5.79 Å². The van der Waals surface area contributed by atoms with E-state index in [1.165, 1.54) is 0 Å². The van der Waals surface area contributed by atoms with E-state index < -0.39 is 29.0 Å². The maximum absolute atomic E-state index is 10.2. The Morgan fingerprint density at radius 1 is 0.839 bits per heavy atom. The highest BCUT2D eigenvalue weighted by atomic mass is 28.5. The second-order valence-corrected chi connectivity index (χ2v) is 20.2. The van der Waals surface area contributed by atoms with Crippen molar-refractivity contribution in [3.8, 4) is 0 Å². The molecule has 0 aromatic rings. The fraction of sp³-hybridized carbons (Fsp3) is 1.00. The first-order chi connectivity index (χ1) is 14.3. The van der Waals surface area contributed by atoms with E-state index in [1.807, 2.05) is 0 Å². The minimum atomic E-state index is -2.66. The Morgan fingerprint density at radius 2 is 1.39 bits per heavy atom. The van der Waals surface area contributed by atoms with Crippen LogP contribution in [0.5, 0.6) is 0 Å². The molecule has 3 aliphatic rings. The van der Waals surface area contributed by atoms with Gasteiger partial charge in [-0.15, -0.1) is 0 Å². The summed E-state index contributed by atoms with van der Waals surface area (Å²) < 4.78 is 34.1. The molecule has 1 N–H and O–H groups in total. The Labute approximate surface area is 191 Å². The van der Waals surface area contributed by atoms with Crippen LogP contribution in [0.1, 0.15) is 75.7 Å². The standard InChI is InChI=1S/C23H46O6Si2/c1-14(2)30(15(3)4)26-13-21-22(28-31(29-30,16(5)6)17(7)8)18(9)19(10)23(27-21)11-20(24)12-25-23/h14-22,24H,11-13H2,1-10H3/t18-,19-,20-,21-,22+,23+/m0/s1. The van der Waals surface area contributed by atoms with Crippen LogP contribution >= 0.6 is 0 Å². The molecule has 3 rings (SSSR count). The second-order valence-electron chi connectivity index (χ2n) is 11.3. The first-order valence-electron chi connectivity index (χ1n) is 12.3. The summed E-state index contributed by atoms with van der Waals surface area (Å²) in [6.07, 6.45) is -0.310. The lowest BCUT2D eigenvalue weighted by atomic mass is 9.78. The minimum Gasteiger partial charge on any atom is -0.414 e. The molecule has 6 nitrogen and oxygen atoms in total. The van der Waals surface area contributed by atoms with E-state index in [4.69, 9.17) is 22.4 Å². The van der Waals surface area contributed by atoms with Crippen LogP contribution in [-0.4, -0.2) is 59.5 Å². The normalized spacial score (nSPS) is 40.5. The van der Waals surface area contributed by atoms with Gasteiger partial charge in [0.25, 0.3) is 0 Å². The third-order valence-corrected chi connectivity index (χ3v) is 18.3. The molecule has 31 heavy (non-hydrogen) atoms. The van der Waals surface area contributed by atoms with Crippen molar-refractivity contribution in [2.24, 2.45) is 11.8 Å². The Kier molecular flexibility index (Phi) is 7.57. The molecule has 3 fully saturated rings. The van der Waals surface area contributed by atoms with Gasteiger partial charge in [0.2, 0.25) is 0 Å². The van der Waals surface area contributed by atoms with E-state index in [0.29, 0.717) is 41.8 Å². The lowest BCUT2D eigenvalue weighted by Gasteiger charge is -2.57. The van der Waals surface area contributed by atoms with Crippen molar-refractivity contribution >= 4 is 17.1 Å². The molecule has 0 unspecified atom stereocenters. The molecule has 3 saturated heterocycles. The van der Waals surface area contributed by atoms with Crippen molar-refractivity contribution < 1.29 is 27.5 Å². The van der Waals surface area contributed by atoms with Crippen LogP contribution in [-0.2, 0) is 22.4 Å². The van der Waals surface area contributed by atoms with E-state index in [0.717, 1.165) is 0 Å². The Hall–Kier alpha value is 0.194. The van der Waals surface area contributed by atoms with E-state index in [9.17, 15) is 5.11 Å². The lowest BCUT2D eigenvalue weighted by molar-refractivity contribution is -0.322. The van der Waals surface area contributed by atoms with Crippen LogP contribution in [0, 0.1) is 11.8 Å².